The minimum absolute atomic E-state index is 0.0159. The molecule has 0 radical (unpaired) electrons. The molecular formula is C16H18N4O3. The van der Waals surface area contributed by atoms with Crippen LogP contribution in [0.25, 0.3) is 0 Å². The summed E-state index contributed by atoms with van der Waals surface area (Å²) in [6, 6.07) is 5.24. The van der Waals surface area contributed by atoms with Gasteiger partial charge >= 0.3 is 0 Å². The van der Waals surface area contributed by atoms with Crippen LogP contribution >= 0.6 is 0 Å². The number of aryl methyl sites for hydroxylation is 1. The summed E-state index contributed by atoms with van der Waals surface area (Å²) >= 11 is 0. The number of imidazole rings is 1. The molecule has 1 aromatic carbocycles. The summed E-state index contributed by atoms with van der Waals surface area (Å²) in [6.45, 7) is 2.32. The monoisotopic (exact) mass is 314 g/mol. The minimum Gasteiger partial charge on any atom is -0.454 e. The molecule has 1 unspecified atom stereocenters. The zero-order chi connectivity index (χ0) is 15.8. The first-order chi connectivity index (χ1) is 11.2. The van der Waals surface area contributed by atoms with E-state index in [1.54, 1.807) is 24.4 Å². The number of piperazine rings is 1. The Hall–Kier alpha value is -2.54. The van der Waals surface area contributed by atoms with Crippen molar-refractivity contribution in [3.8, 4) is 11.5 Å². The standard InChI is InChI=1S/C16H18N4O3/c1-19-6-5-18-15(19)12-9-17-4-7-20(12)16(21)11-2-3-13-14(8-11)23-10-22-13/h2-3,5-6,8,12,17H,4,7,9-10H2,1H3. The number of nitrogens with one attached hydrogen (secondary N) is 1. The Balaban J connectivity index is 1.64. The van der Waals surface area contributed by atoms with E-state index in [0.717, 1.165) is 12.4 Å². The summed E-state index contributed by atoms with van der Waals surface area (Å²) in [5.41, 5.74) is 0.607. The Labute approximate surface area is 133 Å². The van der Waals surface area contributed by atoms with Crippen LogP contribution in [-0.2, 0) is 7.05 Å². The lowest BCUT2D eigenvalue weighted by atomic mass is 10.1. The number of rotatable bonds is 2. The number of hydrogen-bond donors (Lipinski definition) is 1. The third kappa shape index (κ3) is 2.43. The Morgan fingerprint density at radius 3 is 3.04 bits per heavy atom. The highest BCUT2D eigenvalue weighted by Gasteiger charge is 2.31. The molecule has 1 atom stereocenters. The van der Waals surface area contributed by atoms with Gasteiger partial charge in [0.15, 0.2) is 11.5 Å². The Morgan fingerprint density at radius 1 is 1.35 bits per heavy atom. The maximum Gasteiger partial charge on any atom is 0.254 e. The number of ether oxygens (including phenoxy) is 2. The normalized spacial score (nSPS) is 19.9. The van der Waals surface area contributed by atoms with Crippen molar-refractivity contribution in [1.29, 1.82) is 0 Å². The molecule has 23 heavy (non-hydrogen) atoms. The van der Waals surface area contributed by atoms with Crippen LogP contribution in [0.4, 0.5) is 0 Å². The fraction of sp³-hybridized carbons (Fsp3) is 0.375. The minimum atomic E-state index is -0.0818. The van der Waals surface area contributed by atoms with Crippen LogP contribution < -0.4 is 14.8 Å². The Morgan fingerprint density at radius 2 is 2.22 bits per heavy atom. The van der Waals surface area contributed by atoms with E-state index >= 15 is 0 Å². The summed E-state index contributed by atoms with van der Waals surface area (Å²) in [5.74, 6) is 2.17. The van der Waals surface area contributed by atoms with Gasteiger partial charge in [-0.3, -0.25) is 4.79 Å². The lowest BCUT2D eigenvalue weighted by molar-refractivity contribution is 0.0620. The largest absolute Gasteiger partial charge is 0.454 e. The van der Waals surface area contributed by atoms with Gasteiger partial charge in [0.1, 0.15) is 11.9 Å². The summed E-state index contributed by atoms with van der Waals surface area (Å²) in [6.07, 6.45) is 3.65. The highest BCUT2D eigenvalue weighted by atomic mass is 16.7. The molecule has 0 aliphatic carbocycles. The van der Waals surface area contributed by atoms with Crippen LogP contribution in [0.5, 0.6) is 11.5 Å². The third-order valence-corrected chi connectivity index (χ3v) is 4.28. The molecule has 1 fully saturated rings. The molecule has 1 N–H and O–H groups in total. The first kappa shape index (κ1) is 14.1. The van der Waals surface area contributed by atoms with Gasteiger partial charge in [-0.15, -0.1) is 0 Å². The van der Waals surface area contributed by atoms with Crippen molar-refractivity contribution in [2.45, 2.75) is 6.04 Å². The summed E-state index contributed by atoms with van der Waals surface area (Å²) < 4.78 is 12.6. The second-order valence-electron chi connectivity index (χ2n) is 5.68. The first-order valence-corrected chi connectivity index (χ1v) is 7.62. The number of nitrogens with zero attached hydrogens (tertiary/aromatic N) is 3. The molecular weight excluding hydrogens is 296 g/mol. The maximum atomic E-state index is 13.0. The van der Waals surface area contributed by atoms with E-state index in [-0.39, 0.29) is 18.7 Å². The summed E-state index contributed by atoms with van der Waals surface area (Å²) in [7, 11) is 1.94. The van der Waals surface area contributed by atoms with Crippen molar-refractivity contribution in [2.24, 2.45) is 7.05 Å². The quantitative estimate of drug-likeness (QED) is 0.893. The van der Waals surface area contributed by atoms with E-state index in [9.17, 15) is 4.79 Å². The summed E-state index contributed by atoms with van der Waals surface area (Å²) in [4.78, 5) is 19.3. The molecule has 1 saturated heterocycles. The SMILES string of the molecule is Cn1ccnc1C1CNCCN1C(=O)c1ccc2c(c1)OCO2. The number of carbonyl (C=O) groups is 1. The molecule has 7 nitrogen and oxygen atoms in total. The van der Waals surface area contributed by atoms with E-state index < -0.39 is 0 Å². The zero-order valence-corrected chi connectivity index (χ0v) is 12.9. The van der Waals surface area contributed by atoms with Gasteiger partial charge in [-0.05, 0) is 18.2 Å². The molecule has 120 valence electrons. The van der Waals surface area contributed by atoms with Gasteiger partial charge in [0.05, 0.1) is 0 Å². The highest BCUT2D eigenvalue weighted by Crippen LogP contribution is 2.33. The molecule has 2 aliphatic rings. The van der Waals surface area contributed by atoms with Gasteiger partial charge in [0.2, 0.25) is 6.79 Å². The fourth-order valence-electron chi connectivity index (χ4n) is 3.07. The van der Waals surface area contributed by atoms with Crippen LogP contribution in [0, 0.1) is 0 Å². The number of carbonyl (C=O) groups excluding carboxylic acids is 1. The molecule has 2 aromatic rings. The van der Waals surface area contributed by atoms with Gasteiger partial charge < -0.3 is 24.3 Å². The van der Waals surface area contributed by atoms with Crippen LogP contribution in [0.15, 0.2) is 30.6 Å². The van der Waals surface area contributed by atoms with E-state index in [4.69, 9.17) is 9.47 Å². The highest BCUT2D eigenvalue weighted by molar-refractivity contribution is 5.95. The topological polar surface area (TPSA) is 68.6 Å². The smallest absolute Gasteiger partial charge is 0.254 e. The van der Waals surface area contributed by atoms with Crippen molar-refractivity contribution < 1.29 is 14.3 Å². The molecule has 4 rings (SSSR count). The van der Waals surface area contributed by atoms with Crippen molar-refractivity contribution in [3.63, 3.8) is 0 Å². The maximum absolute atomic E-state index is 13.0. The number of fused-ring (bicyclic) bond motifs is 1. The number of benzene rings is 1. The van der Waals surface area contributed by atoms with Gasteiger partial charge in [0, 0.05) is 44.6 Å². The number of amides is 1. The molecule has 7 heteroatoms. The van der Waals surface area contributed by atoms with Gasteiger partial charge in [-0.2, -0.15) is 0 Å². The summed E-state index contributed by atoms with van der Waals surface area (Å²) in [5, 5.41) is 3.34. The molecule has 1 aromatic heterocycles. The Bertz CT molecular complexity index is 743. The molecule has 3 heterocycles. The first-order valence-electron chi connectivity index (χ1n) is 7.62. The average molecular weight is 314 g/mol. The van der Waals surface area contributed by atoms with Crippen LogP contribution in [0.3, 0.4) is 0 Å². The lowest BCUT2D eigenvalue weighted by Crippen LogP contribution is -2.49. The van der Waals surface area contributed by atoms with Gasteiger partial charge in [-0.1, -0.05) is 0 Å². The van der Waals surface area contributed by atoms with Crippen molar-refractivity contribution in [3.05, 3.63) is 42.0 Å². The lowest BCUT2D eigenvalue weighted by Gasteiger charge is -2.35. The van der Waals surface area contributed by atoms with Crippen LogP contribution in [0.1, 0.15) is 22.2 Å². The molecule has 2 aliphatic heterocycles. The van der Waals surface area contributed by atoms with E-state index in [0.29, 0.717) is 30.2 Å². The predicted molar refractivity (Wildman–Crippen MR) is 82.4 cm³/mol. The van der Waals surface area contributed by atoms with Crippen molar-refractivity contribution in [2.75, 3.05) is 26.4 Å². The van der Waals surface area contributed by atoms with Crippen molar-refractivity contribution >= 4 is 5.91 Å². The molecule has 0 bridgehead atoms. The predicted octanol–water partition coefficient (Wildman–Crippen LogP) is 0.935. The average Bonchev–Trinajstić information content (AvgIpc) is 3.22. The van der Waals surface area contributed by atoms with Crippen LogP contribution in [0.2, 0.25) is 0 Å². The second kappa shape index (κ2) is 5.58. The van der Waals surface area contributed by atoms with Crippen molar-refractivity contribution in [1.82, 2.24) is 19.8 Å². The number of hydrogen-bond acceptors (Lipinski definition) is 5. The molecule has 1 amide bonds. The zero-order valence-electron chi connectivity index (χ0n) is 12.9. The molecule has 0 saturated carbocycles. The van der Waals surface area contributed by atoms with Gasteiger partial charge in [0.25, 0.3) is 5.91 Å². The fourth-order valence-corrected chi connectivity index (χ4v) is 3.07. The van der Waals surface area contributed by atoms with E-state index in [1.807, 2.05) is 22.7 Å². The number of aromatic nitrogens is 2. The van der Waals surface area contributed by atoms with Gasteiger partial charge in [-0.25, -0.2) is 4.98 Å². The Kier molecular flexibility index (Phi) is 3.42. The third-order valence-electron chi connectivity index (χ3n) is 4.28. The van der Waals surface area contributed by atoms with E-state index in [2.05, 4.69) is 10.3 Å². The van der Waals surface area contributed by atoms with E-state index in [1.165, 1.54) is 0 Å². The molecule has 0 spiro atoms. The van der Waals surface area contributed by atoms with Crippen LogP contribution in [-0.4, -0.2) is 46.8 Å². The second-order valence-corrected chi connectivity index (χ2v) is 5.68.